The monoisotopic (exact) mass is 714 g/mol. The molecule has 14 heteroatoms. The van der Waals surface area contributed by atoms with Crippen LogP contribution >= 0.6 is 0 Å². The number of Topliss-reactive ketones (excluding diaryl/α,β-unsaturated/α-hetero) is 1. The predicted octanol–water partition coefficient (Wildman–Crippen LogP) is 1.56. The van der Waals surface area contributed by atoms with Crippen LogP contribution in [0.5, 0.6) is 0 Å². The third-order valence-corrected chi connectivity index (χ3v) is 15.4. The van der Waals surface area contributed by atoms with Crippen LogP contribution in [0, 0.1) is 57.2 Å². The number of aliphatic hydroxyl groups is 2. The lowest BCUT2D eigenvalue weighted by Gasteiger charge is -2.67. The molecule has 8 rings (SSSR count). The van der Waals surface area contributed by atoms with Crippen LogP contribution in [-0.2, 0) is 57.2 Å². The van der Waals surface area contributed by atoms with Gasteiger partial charge < -0.3 is 38.6 Å². The van der Waals surface area contributed by atoms with Crippen molar-refractivity contribution in [1.82, 2.24) is 0 Å². The Morgan fingerprint density at radius 1 is 0.902 bits per heavy atom. The minimum absolute atomic E-state index is 0.159. The van der Waals surface area contributed by atoms with Crippen molar-refractivity contribution in [1.29, 1.82) is 0 Å². The quantitative estimate of drug-likeness (QED) is 0.241. The summed E-state index contributed by atoms with van der Waals surface area (Å²) in [6.45, 7) is 13.5. The summed E-state index contributed by atoms with van der Waals surface area (Å²) in [6.07, 6.45) is -4.01. The number of aliphatic hydroxyl groups excluding tert-OH is 1. The molecule has 2 heterocycles. The van der Waals surface area contributed by atoms with Gasteiger partial charge in [0.15, 0.2) is 11.4 Å². The van der Waals surface area contributed by atoms with Crippen molar-refractivity contribution in [3.63, 3.8) is 0 Å². The Hall–Kier alpha value is -3.36. The van der Waals surface area contributed by atoms with Crippen molar-refractivity contribution in [2.24, 2.45) is 57.2 Å². The van der Waals surface area contributed by atoms with E-state index in [9.17, 15) is 39.0 Å². The fraction of sp³-hybridized carbons (Fsp3) is 0.784. The molecule has 6 aliphatic carbocycles. The van der Waals surface area contributed by atoms with E-state index in [2.05, 4.69) is 0 Å². The van der Waals surface area contributed by atoms with Crippen LogP contribution in [0.25, 0.3) is 0 Å². The van der Waals surface area contributed by atoms with Gasteiger partial charge in [-0.1, -0.05) is 20.8 Å². The zero-order chi connectivity index (χ0) is 37.3. The highest BCUT2D eigenvalue weighted by Crippen LogP contribution is 2.90. The molecule has 278 valence electrons. The maximum Gasteiger partial charge on any atom is 0.343 e. The summed E-state index contributed by atoms with van der Waals surface area (Å²) in [5.41, 5.74) is -8.79. The van der Waals surface area contributed by atoms with Gasteiger partial charge in [-0.15, -0.1) is 0 Å². The molecular weight excluding hydrogens is 668 g/mol. The van der Waals surface area contributed by atoms with Crippen LogP contribution < -0.4 is 0 Å². The second-order valence-corrected chi connectivity index (χ2v) is 17.3. The second-order valence-electron chi connectivity index (χ2n) is 17.3. The molecule has 0 aromatic carbocycles. The van der Waals surface area contributed by atoms with Gasteiger partial charge in [0, 0.05) is 68.1 Å². The number of esters is 5. The lowest BCUT2D eigenvalue weighted by molar-refractivity contribution is -0.273. The molecule has 2 N–H and O–H groups in total. The molecule has 5 saturated carbocycles. The molecule has 0 aromatic heterocycles. The molecule has 51 heavy (non-hydrogen) atoms. The molecule has 2 bridgehead atoms. The topological polar surface area (TPSA) is 202 Å². The first-order valence-electron chi connectivity index (χ1n) is 17.8. The molecule has 1 unspecified atom stereocenters. The number of ketones is 1. The predicted molar refractivity (Wildman–Crippen MR) is 168 cm³/mol. The normalized spacial score (nSPS) is 55.1. The SMILES string of the molecule is CC(=O)O[C@H]1C2[C@H]([C@@H]3[C@@]4(OC(C)=O)C[C@@]5([C@H](C)C=C6OC(=O)[C@@](C)(O)[C@]6(C)[C@H]45)[C@@]3(C)[C@H]1OC(C)=O)[C@@H](O)C(=O)[C@H]1C[C@@H]3O[C@@H]3[C@H](OC(C)=O)[C@]21C. The smallest absolute Gasteiger partial charge is 0.343 e. The van der Waals surface area contributed by atoms with Gasteiger partial charge in [0.2, 0.25) is 0 Å². The van der Waals surface area contributed by atoms with Gasteiger partial charge in [0.05, 0.1) is 11.5 Å². The van der Waals surface area contributed by atoms with E-state index in [1.165, 1.54) is 34.6 Å². The number of fused-ring (bicyclic) bond motifs is 8. The number of ether oxygens (including phenoxy) is 6. The molecule has 0 amide bonds. The first-order chi connectivity index (χ1) is 23.6. The molecule has 0 radical (unpaired) electrons. The van der Waals surface area contributed by atoms with E-state index in [1.807, 2.05) is 13.8 Å². The average Bonchev–Trinajstić information content (AvgIpc) is 3.65. The van der Waals surface area contributed by atoms with Gasteiger partial charge in [0.25, 0.3) is 0 Å². The van der Waals surface area contributed by atoms with Gasteiger partial charge in [-0.05, 0) is 44.1 Å². The molecule has 18 atom stereocenters. The summed E-state index contributed by atoms with van der Waals surface area (Å²) in [5.74, 6) is -9.15. The Labute approximate surface area is 294 Å². The number of rotatable bonds is 4. The number of hydrogen-bond acceptors (Lipinski definition) is 14. The van der Waals surface area contributed by atoms with Crippen molar-refractivity contribution >= 4 is 35.6 Å². The van der Waals surface area contributed by atoms with E-state index < -0.39 is 141 Å². The molecule has 2 aliphatic heterocycles. The zero-order valence-electron chi connectivity index (χ0n) is 30.2. The fourth-order valence-electron chi connectivity index (χ4n) is 13.9. The summed E-state index contributed by atoms with van der Waals surface area (Å²) >= 11 is 0. The Morgan fingerprint density at radius 2 is 1.51 bits per heavy atom. The molecule has 0 spiro atoms. The number of carbonyl (C=O) groups excluding carboxylic acids is 6. The summed E-state index contributed by atoms with van der Waals surface area (Å²) < 4.78 is 36.7. The largest absolute Gasteiger partial charge is 0.459 e. The lowest BCUT2D eigenvalue weighted by Crippen LogP contribution is -2.74. The summed E-state index contributed by atoms with van der Waals surface area (Å²) in [7, 11) is 0. The standard InChI is InChI=1S/C37H46O14/c1-13-10-20-33(7,35(9,45)31(44)50-20)30-36(13)12-37(30,51-17(5)41)27-21-22(26(46-14(2)38)29(34(27,36)8)48-16(4)40)32(6)18(23(42)24(21)43)11-19-25(49-19)28(32)47-15(3)39/h10,13,18-19,21-22,24-30,43,45H,11-12H2,1-9H3/t13-,18-,19+,21+,22?,24-,25+,26+,27+,28+,29+,30+,32+,33+,34-,35-,36+,37+/m1/s1. The van der Waals surface area contributed by atoms with E-state index in [1.54, 1.807) is 19.9 Å². The highest BCUT2D eigenvalue weighted by atomic mass is 16.6. The average molecular weight is 715 g/mol. The molecule has 2 saturated heterocycles. The van der Waals surface area contributed by atoms with Crippen LogP contribution in [0.4, 0.5) is 0 Å². The Morgan fingerprint density at radius 3 is 2.10 bits per heavy atom. The summed E-state index contributed by atoms with van der Waals surface area (Å²) in [5, 5.41) is 24.5. The van der Waals surface area contributed by atoms with Gasteiger partial charge in [-0.2, -0.15) is 0 Å². The minimum Gasteiger partial charge on any atom is -0.459 e. The van der Waals surface area contributed by atoms with Crippen molar-refractivity contribution in [2.75, 3.05) is 0 Å². The van der Waals surface area contributed by atoms with Crippen LogP contribution in [0.2, 0.25) is 0 Å². The number of hydrogen-bond donors (Lipinski definition) is 2. The van der Waals surface area contributed by atoms with E-state index in [4.69, 9.17) is 28.4 Å². The summed E-state index contributed by atoms with van der Waals surface area (Å²) in [4.78, 5) is 80.4. The Balaban J connectivity index is 1.45. The minimum atomic E-state index is -2.10. The van der Waals surface area contributed by atoms with Gasteiger partial charge >= 0.3 is 29.8 Å². The van der Waals surface area contributed by atoms with Crippen LogP contribution in [0.1, 0.15) is 75.2 Å². The highest BCUT2D eigenvalue weighted by Gasteiger charge is 2.96. The van der Waals surface area contributed by atoms with E-state index in [-0.39, 0.29) is 18.6 Å². The first kappa shape index (κ1) is 34.7. The first-order valence-corrected chi connectivity index (χ1v) is 17.8. The van der Waals surface area contributed by atoms with Crippen molar-refractivity contribution in [3.8, 4) is 0 Å². The third kappa shape index (κ3) is 3.65. The Kier molecular flexibility index (Phi) is 6.80. The second kappa shape index (κ2) is 9.98. The van der Waals surface area contributed by atoms with Crippen LogP contribution in [0.3, 0.4) is 0 Å². The van der Waals surface area contributed by atoms with Gasteiger partial charge in [0.1, 0.15) is 41.9 Å². The maximum atomic E-state index is 14.6. The van der Waals surface area contributed by atoms with Crippen molar-refractivity contribution < 1.29 is 67.4 Å². The molecular formula is C37H46O14. The molecule has 8 aliphatic rings. The third-order valence-electron chi connectivity index (χ3n) is 15.4. The molecule has 0 aromatic rings. The van der Waals surface area contributed by atoms with E-state index >= 15 is 0 Å². The zero-order valence-corrected chi connectivity index (χ0v) is 30.2. The number of epoxide rings is 1. The van der Waals surface area contributed by atoms with E-state index in [0.29, 0.717) is 0 Å². The molecule has 14 nitrogen and oxygen atoms in total. The van der Waals surface area contributed by atoms with Gasteiger partial charge in [-0.3, -0.25) is 24.0 Å². The van der Waals surface area contributed by atoms with Crippen LogP contribution in [-0.4, -0.2) is 93.7 Å². The van der Waals surface area contributed by atoms with Crippen LogP contribution in [0.15, 0.2) is 11.8 Å². The van der Waals surface area contributed by atoms with Gasteiger partial charge in [-0.25, -0.2) is 4.79 Å². The van der Waals surface area contributed by atoms with E-state index in [0.717, 1.165) is 0 Å². The Bertz CT molecular complexity index is 1730. The fourth-order valence-corrected chi connectivity index (χ4v) is 13.9. The maximum absolute atomic E-state index is 14.6. The molecule has 7 fully saturated rings. The summed E-state index contributed by atoms with van der Waals surface area (Å²) in [6, 6.07) is 0. The highest BCUT2D eigenvalue weighted by molar-refractivity contribution is 5.89. The lowest BCUT2D eigenvalue weighted by atomic mass is 9.36. The van der Waals surface area contributed by atoms with Crippen molar-refractivity contribution in [3.05, 3.63) is 11.8 Å². The van der Waals surface area contributed by atoms with Crippen molar-refractivity contribution in [2.45, 2.75) is 123 Å². The number of allylic oxidation sites excluding steroid dienone is 1. The number of carbonyl (C=O) groups is 6.